The summed E-state index contributed by atoms with van der Waals surface area (Å²) >= 11 is 0. The lowest BCUT2D eigenvalue weighted by molar-refractivity contribution is -0.139. The van der Waals surface area contributed by atoms with Crippen molar-refractivity contribution in [1.29, 1.82) is 0 Å². The Hall–Kier alpha value is -1.47. The Morgan fingerprint density at radius 1 is 1.40 bits per heavy atom. The quantitative estimate of drug-likeness (QED) is 0.807. The first-order chi connectivity index (χ1) is 9.26. The van der Waals surface area contributed by atoms with Crippen molar-refractivity contribution in [2.45, 2.75) is 44.0 Å². The van der Waals surface area contributed by atoms with Gasteiger partial charge in [0.2, 0.25) is 10.0 Å². The minimum atomic E-state index is -4.05. The number of aryl methyl sites for hydroxylation is 1. The van der Waals surface area contributed by atoms with Crippen LogP contribution in [0.15, 0.2) is 23.1 Å². The number of halogens is 1. The van der Waals surface area contributed by atoms with Crippen molar-refractivity contribution in [2.75, 3.05) is 0 Å². The third kappa shape index (κ3) is 4.57. The molecule has 0 aliphatic carbocycles. The number of unbranched alkanes of at least 4 members (excludes halogenated alkanes) is 1. The molecule has 0 aliphatic rings. The fraction of sp³-hybridized carbons (Fsp3) is 0.462. The number of carboxylic acid groups (broad SMARTS) is 1. The molecule has 0 heterocycles. The van der Waals surface area contributed by atoms with Gasteiger partial charge < -0.3 is 5.11 Å². The molecule has 0 spiro atoms. The molecular weight excluding hydrogens is 285 g/mol. The molecule has 0 radical (unpaired) electrons. The van der Waals surface area contributed by atoms with Gasteiger partial charge in [0.1, 0.15) is 11.9 Å². The number of hydrogen-bond acceptors (Lipinski definition) is 3. The molecule has 0 fully saturated rings. The average molecular weight is 303 g/mol. The molecule has 0 amide bonds. The molecule has 0 aliphatic heterocycles. The first-order valence-electron chi connectivity index (χ1n) is 6.28. The van der Waals surface area contributed by atoms with Crippen molar-refractivity contribution >= 4 is 16.0 Å². The lowest BCUT2D eigenvalue weighted by atomic mass is 10.1. The molecule has 20 heavy (non-hydrogen) atoms. The molecule has 0 bridgehead atoms. The number of carboxylic acids is 1. The molecule has 7 heteroatoms. The summed E-state index contributed by atoms with van der Waals surface area (Å²) in [6, 6.07) is 2.16. The van der Waals surface area contributed by atoms with Gasteiger partial charge in [-0.15, -0.1) is 0 Å². The monoisotopic (exact) mass is 303 g/mol. The van der Waals surface area contributed by atoms with Gasteiger partial charge in [-0.2, -0.15) is 4.72 Å². The van der Waals surface area contributed by atoms with E-state index in [2.05, 4.69) is 4.72 Å². The molecule has 0 saturated carbocycles. The second-order valence-corrected chi connectivity index (χ2v) is 6.33. The summed E-state index contributed by atoms with van der Waals surface area (Å²) in [5.41, 5.74) is 0.450. The van der Waals surface area contributed by atoms with Crippen LogP contribution in [0.4, 0.5) is 4.39 Å². The Morgan fingerprint density at radius 3 is 2.55 bits per heavy atom. The van der Waals surface area contributed by atoms with Gasteiger partial charge in [-0.05, 0) is 37.1 Å². The Kier molecular flexibility index (Phi) is 5.64. The van der Waals surface area contributed by atoms with Gasteiger partial charge in [-0.3, -0.25) is 4.79 Å². The van der Waals surface area contributed by atoms with Crippen molar-refractivity contribution in [3.05, 3.63) is 29.6 Å². The zero-order valence-corrected chi connectivity index (χ0v) is 12.2. The number of carbonyl (C=O) groups is 1. The van der Waals surface area contributed by atoms with Crippen molar-refractivity contribution in [3.63, 3.8) is 0 Å². The highest BCUT2D eigenvalue weighted by Gasteiger charge is 2.25. The fourth-order valence-electron chi connectivity index (χ4n) is 1.75. The molecule has 0 saturated heterocycles. The van der Waals surface area contributed by atoms with E-state index in [0.29, 0.717) is 12.0 Å². The van der Waals surface area contributed by atoms with E-state index in [-0.39, 0.29) is 11.3 Å². The molecule has 0 aromatic heterocycles. The normalized spacial score (nSPS) is 13.2. The van der Waals surface area contributed by atoms with Crippen molar-refractivity contribution < 1.29 is 22.7 Å². The summed E-state index contributed by atoms with van der Waals surface area (Å²) in [5.74, 6) is -1.92. The van der Waals surface area contributed by atoms with Gasteiger partial charge in [0, 0.05) is 0 Å². The SMILES string of the molecule is CCCC[C@H](NS(=O)(=O)c1cc(C)cc(F)c1)C(=O)O. The van der Waals surface area contributed by atoms with Crippen LogP contribution in [0.1, 0.15) is 31.7 Å². The van der Waals surface area contributed by atoms with Crippen molar-refractivity contribution in [1.82, 2.24) is 4.72 Å². The largest absolute Gasteiger partial charge is 0.480 e. The lowest BCUT2D eigenvalue weighted by Crippen LogP contribution is -2.40. The first kappa shape index (κ1) is 16.6. The minimum absolute atomic E-state index is 0.194. The van der Waals surface area contributed by atoms with E-state index in [1.807, 2.05) is 6.92 Å². The summed E-state index contributed by atoms with van der Waals surface area (Å²) in [5, 5.41) is 9.02. The maximum Gasteiger partial charge on any atom is 0.321 e. The van der Waals surface area contributed by atoms with Crippen LogP contribution < -0.4 is 4.72 Å². The Labute approximate surface area is 117 Å². The van der Waals surface area contributed by atoms with Gasteiger partial charge in [-0.25, -0.2) is 12.8 Å². The average Bonchev–Trinajstić information content (AvgIpc) is 2.32. The summed E-state index contributed by atoms with van der Waals surface area (Å²) in [7, 11) is -4.05. The van der Waals surface area contributed by atoms with E-state index < -0.39 is 27.9 Å². The highest BCUT2D eigenvalue weighted by Crippen LogP contribution is 2.15. The van der Waals surface area contributed by atoms with E-state index in [4.69, 9.17) is 5.11 Å². The maximum absolute atomic E-state index is 13.2. The van der Waals surface area contributed by atoms with Crippen LogP contribution in [-0.2, 0) is 14.8 Å². The first-order valence-corrected chi connectivity index (χ1v) is 7.77. The van der Waals surface area contributed by atoms with Crippen LogP contribution in [0, 0.1) is 12.7 Å². The Bertz CT molecular complexity index is 566. The number of hydrogen-bond donors (Lipinski definition) is 2. The molecule has 0 unspecified atom stereocenters. The van der Waals surface area contributed by atoms with E-state index in [0.717, 1.165) is 12.5 Å². The highest BCUT2D eigenvalue weighted by molar-refractivity contribution is 7.89. The van der Waals surface area contributed by atoms with Crippen LogP contribution >= 0.6 is 0 Å². The van der Waals surface area contributed by atoms with Crippen LogP contribution in [0.3, 0.4) is 0 Å². The van der Waals surface area contributed by atoms with Gasteiger partial charge in [-0.1, -0.05) is 19.8 Å². The lowest BCUT2D eigenvalue weighted by Gasteiger charge is -2.14. The fourth-order valence-corrected chi connectivity index (χ4v) is 3.09. The van der Waals surface area contributed by atoms with Gasteiger partial charge in [0.25, 0.3) is 0 Å². The number of nitrogens with one attached hydrogen (secondary N) is 1. The van der Waals surface area contributed by atoms with Crippen LogP contribution in [-0.4, -0.2) is 25.5 Å². The zero-order chi connectivity index (χ0) is 15.3. The molecule has 5 nitrogen and oxygen atoms in total. The zero-order valence-electron chi connectivity index (χ0n) is 11.4. The van der Waals surface area contributed by atoms with E-state index in [1.54, 1.807) is 6.92 Å². The molecule has 1 rings (SSSR count). The number of benzene rings is 1. The smallest absolute Gasteiger partial charge is 0.321 e. The summed E-state index contributed by atoms with van der Waals surface area (Å²) < 4.78 is 39.5. The number of rotatable bonds is 7. The molecule has 2 N–H and O–H groups in total. The second kappa shape index (κ2) is 6.81. The molecular formula is C13H18FNO4S. The van der Waals surface area contributed by atoms with Crippen LogP contribution in [0.25, 0.3) is 0 Å². The maximum atomic E-state index is 13.2. The third-order valence-electron chi connectivity index (χ3n) is 2.77. The van der Waals surface area contributed by atoms with E-state index in [9.17, 15) is 17.6 Å². The minimum Gasteiger partial charge on any atom is -0.480 e. The van der Waals surface area contributed by atoms with Gasteiger partial charge in [0.15, 0.2) is 0 Å². The third-order valence-corrected chi connectivity index (χ3v) is 4.22. The van der Waals surface area contributed by atoms with E-state index >= 15 is 0 Å². The number of sulfonamides is 1. The predicted molar refractivity (Wildman–Crippen MR) is 72.4 cm³/mol. The summed E-state index contributed by atoms with van der Waals surface area (Å²) in [6.45, 7) is 3.44. The standard InChI is InChI=1S/C13H18FNO4S/c1-3-4-5-12(13(16)17)15-20(18,19)11-7-9(2)6-10(14)8-11/h6-8,12,15H,3-5H2,1-2H3,(H,16,17)/t12-/m0/s1. The topological polar surface area (TPSA) is 83.5 Å². The molecule has 1 aromatic carbocycles. The molecule has 112 valence electrons. The van der Waals surface area contributed by atoms with Crippen LogP contribution in [0.5, 0.6) is 0 Å². The molecule has 1 atom stereocenters. The highest BCUT2D eigenvalue weighted by atomic mass is 32.2. The van der Waals surface area contributed by atoms with Crippen molar-refractivity contribution in [3.8, 4) is 0 Å². The molecule has 1 aromatic rings. The van der Waals surface area contributed by atoms with Gasteiger partial charge in [0.05, 0.1) is 4.90 Å². The Morgan fingerprint density at radius 2 is 2.05 bits per heavy atom. The van der Waals surface area contributed by atoms with E-state index in [1.165, 1.54) is 12.1 Å². The second-order valence-electron chi connectivity index (χ2n) is 4.62. The van der Waals surface area contributed by atoms with Crippen LogP contribution in [0.2, 0.25) is 0 Å². The summed E-state index contributed by atoms with van der Waals surface area (Å²) in [6.07, 6.45) is 1.53. The summed E-state index contributed by atoms with van der Waals surface area (Å²) in [4.78, 5) is 10.8. The number of aliphatic carboxylic acids is 1. The Balaban J connectivity index is 3.00. The van der Waals surface area contributed by atoms with Gasteiger partial charge >= 0.3 is 5.97 Å². The van der Waals surface area contributed by atoms with Crippen molar-refractivity contribution in [2.24, 2.45) is 0 Å². The predicted octanol–water partition coefficient (Wildman–Crippen LogP) is 2.06.